The van der Waals surface area contributed by atoms with Crippen LogP contribution < -0.4 is 11.2 Å². The number of halogens is 1. The van der Waals surface area contributed by atoms with Crippen LogP contribution >= 0.6 is 15.9 Å². The van der Waals surface area contributed by atoms with Crippen molar-refractivity contribution >= 4 is 34.1 Å². The molecule has 0 bridgehead atoms. The lowest BCUT2D eigenvalue weighted by Crippen LogP contribution is -2.45. The Morgan fingerprint density at radius 1 is 1.36 bits per heavy atom. The van der Waals surface area contributed by atoms with Crippen LogP contribution in [0.25, 0.3) is 6.08 Å². The Morgan fingerprint density at radius 3 is 2.73 bits per heavy atom. The van der Waals surface area contributed by atoms with E-state index < -0.39 is 60.0 Å². The maximum Gasteiger partial charge on any atom is 0.411 e. The first kappa shape index (κ1) is 25.2. The van der Waals surface area contributed by atoms with Gasteiger partial charge in [0.1, 0.15) is 30.1 Å². The van der Waals surface area contributed by atoms with Gasteiger partial charge in [0.2, 0.25) is 0 Å². The highest BCUT2D eigenvalue weighted by molar-refractivity contribution is 9.11. The third kappa shape index (κ3) is 5.92. The van der Waals surface area contributed by atoms with Crippen molar-refractivity contribution < 1.29 is 28.9 Å². The van der Waals surface area contributed by atoms with E-state index in [4.69, 9.17) is 14.2 Å². The van der Waals surface area contributed by atoms with Gasteiger partial charge in [-0.2, -0.15) is 0 Å². The predicted octanol–water partition coefficient (Wildman–Crippen LogP) is 1.49. The van der Waals surface area contributed by atoms with Crippen LogP contribution in [0.4, 0.5) is 4.79 Å². The molecule has 1 amide bonds. The summed E-state index contributed by atoms with van der Waals surface area (Å²) in [5.41, 5.74) is -1.73. The Labute approximate surface area is 198 Å². The molecular formula is C21H28BrN3O8. The zero-order chi connectivity index (χ0) is 24.3. The van der Waals surface area contributed by atoms with Crippen molar-refractivity contribution in [2.24, 2.45) is 0 Å². The van der Waals surface area contributed by atoms with E-state index in [0.29, 0.717) is 19.4 Å². The summed E-state index contributed by atoms with van der Waals surface area (Å²) in [5, 5.41) is 9.74. The molecule has 1 aromatic rings. The van der Waals surface area contributed by atoms with Crippen molar-refractivity contribution in [3.05, 3.63) is 37.6 Å². The fourth-order valence-electron chi connectivity index (χ4n) is 3.84. The molecule has 2 aliphatic heterocycles. The van der Waals surface area contributed by atoms with Crippen LogP contribution in [0, 0.1) is 0 Å². The van der Waals surface area contributed by atoms with Gasteiger partial charge in [-0.1, -0.05) is 15.9 Å². The second-order valence-corrected chi connectivity index (χ2v) is 9.43. The monoisotopic (exact) mass is 529 g/mol. The molecule has 33 heavy (non-hydrogen) atoms. The topological polar surface area (TPSA) is 140 Å². The SMILES string of the molecule is CC(C)(C)OC(=O)N1CCC[C@H]1C(=O)O[C@H]1C[C@H](n2cc(/C=C/Br)c(=O)[nH]c2=O)O[C@@H]1CO. The van der Waals surface area contributed by atoms with Gasteiger partial charge < -0.3 is 19.3 Å². The average molecular weight is 530 g/mol. The summed E-state index contributed by atoms with van der Waals surface area (Å²) in [4.78, 5) is 54.6. The Bertz CT molecular complexity index is 1030. The van der Waals surface area contributed by atoms with Crippen LogP contribution in [0.2, 0.25) is 0 Å². The van der Waals surface area contributed by atoms with Crippen LogP contribution in [-0.2, 0) is 19.0 Å². The molecule has 2 saturated heterocycles. The molecule has 3 heterocycles. The molecule has 3 rings (SSSR count). The molecule has 182 valence electrons. The number of ether oxygens (including phenoxy) is 3. The number of aliphatic hydroxyl groups is 1. The summed E-state index contributed by atoms with van der Waals surface area (Å²) < 4.78 is 17.9. The van der Waals surface area contributed by atoms with Gasteiger partial charge in [0.05, 0.1) is 12.2 Å². The average Bonchev–Trinajstić information content (AvgIpc) is 3.36. The fraction of sp³-hybridized carbons (Fsp3) is 0.619. The summed E-state index contributed by atoms with van der Waals surface area (Å²) >= 11 is 3.09. The normalized spacial score (nSPS) is 25.5. The predicted molar refractivity (Wildman–Crippen MR) is 121 cm³/mol. The molecule has 2 N–H and O–H groups in total. The molecule has 2 fully saturated rings. The van der Waals surface area contributed by atoms with E-state index in [-0.39, 0.29) is 12.0 Å². The number of carbonyl (C=O) groups excluding carboxylic acids is 2. The van der Waals surface area contributed by atoms with Gasteiger partial charge in [0, 0.05) is 19.2 Å². The van der Waals surface area contributed by atoms with Gasteiger partial charge >= 0.3 is 17.8 Å². The number of amides is 1. The maximum atomic E-state index is 12.9. The summed E-state index contributed by atoms with van der Waals surface area (Å²) in [6.07, 6.45) is 0.778. The molecule has 0 saturated carbocycles. The second-order valence-electron chi connectivity index (χ2n) is 8.90. The number of aromatic nitrogens is 2. The summed E-state index contributed by atoms with van der Waals surface area (Å²) in [5.74, 6) is -0.622. The lowest BCUT2D eigenvalue weighted by Gasteiger charge is -2.28. The quantitative estimate of drug-likeness (QED) is 0.546. The van der Waals surface area contributed by atoms with Crippen molar-refractivity contribution in [1.82, 2.24) is 14.5 Å². The minimum Gasteiger partial charge on any atom is -0.458 e. The highest BCUT2D eigenvalue weighted by atomic mass is 79.9. The number of H-pyrrole nitrogens is 1. The molecule has 2 aliphatic rings. The minimum atomic E-state index is -0.871. The summed E-state index contributed by atoms with van der Waals surface area (Å²) in [6, 6.07) is -0.801. The highest BCUT2D eigenvalue weighted by Crippen LogP contribution is 2.31. The van der Waals surface area contributed by atoms with Crippen LogP contribution in [-0.4, -0.2) is 68.6 Å². The van der Waals surface area contributed by atoms with Crippen LogP contribution in [0.5, 0.6) is 0 Å². The summed E-state index contributed by atoms with van der Waals surface area (Å²) in [7, 11) is 0. The van der Waals surface area contributed by atoms with E-state index >= 15 is 0 Å². The Hall–Kier alpha value is -2.44. The van der Waals surface area contributed by atoms with Crippen LogP contribution in [0.3, 0.4) is 0 Å². The number of likely N-dealkylation sites (tertiary alicyclic amines) is 1. The largest absolute Gasteiger partial charge is 0.458 e. The van der Waals surface area contributed by atoms with Crippen LogP contribution in [0.15, 0.2) is 20.8 Å². The van der Waals surface area contributed by atoms with Gasteiger partial charge in [-0.05, 0) is 44.7 Å². The third-order valence-corrected chi connectivity index (χ3v) is 5.59. The first-order chi connectivity index (χ1) is 15.5. The van der Waals surface area contributed by atoms with Crippen molar-refractivity contribution in [3.63, 3.8) is 0 Å². The van der Waals surface area contributed by atoms with Crippen molar-refractivity contribution in [2.75, 3.05) is 13.2 Å². The third-order valence-electron chi connectivity index (χ3n) is 5.33. The van der Waals surface area contributed by atoms with Crippen molar-refractivity contribution in [1.29, 1.82) is 0 Å². The standard InChI is InChI=1S/C21H28BrN3O8/c1-21(2,3)33-20(30)24-8-4-5-13(24)18(28)32-14-9-16(31-15(14)11-26)25-10-12(6-7-22)17(27)23-19(25)29/h6-7,10,13-16,26H,4-5,8-9,11H2,1-3H3,(H,23,27,29)/b7-6+/t13-,14-,15+,16+/m0/s1. The number of nitrogens with zero attached hydrogens (tertiary/aromatic N) is 2. The Balaban J connectivity index is 1.73. The van der Waals surface area contributed by atoms with Crippen molar-refractivity contribution in [2.45, 2.75) is 70.1 Å². The molecule has 11 nitrogen and oxygen atoms in total. The minimum absolute atomic E-state index is 0.0829. The van der Waals surface area contributed by atoms with Crippen LogP contribution in [0.1, 0.15) is 51.8 Å². The molecule has 0 radical (unpaired) electrons. The molecule has 4 atom stereocenters. The smallest absolute Gasteiger partial charge is 0.411 e. The molecule has 0 spiro atoms. The van der Waals surface area contributed by atoms with Gasteiger partial charge in [0.25, 0.3) is 5.56 Å². The molecule has 12 heteroatoms. The molecule has 0 aromatic carbocycles. The number of rotatable bonds is 5. The van der Waals surface area contributed by atoms with Gasteiger partial charge in [-0.15, -0.1) is 0 Å². The molecule has 1 aromatic heterocycles. The molecular weight excluding hydrogens is 502 g/mol. The van der Waals surface area contributed by atoms with Gasteiger partial charge in [-0.25, -0.2) is 14.4 Å². The maximum absolute atomic E-state index is 12.9. The van der Waals surface area contributed by atoms with E-state index in [1.165, 1.54) is 26.7 Å². The van der Waals surface area contributed by atoms with E-state index in [9.17, 15) is 24.3 Å². The van der Waals surface area contributed by atoms with E-state index in [1.54, 1.807) is 20.8 Å². The van der Waals surface area contributed by atoms with Gasteiger partial charge in [-0.3, -0.25) is 19.2 Å². The number of nitrogens with one attached hydrogen (secondary N) is 1. The Morgan fingerprint density at radius 2 is 2.09 bits per heavy atom. The van der Waals surface area contributed by atoms with Gasteiger partial charge in [0.15, 0.2) is 0 Å². The zero-order valence-electron chi connectivity index (χ0n) is 18.7. The second kappa shape index (κ2) is 10.2. The fourth-order valence-corrected chi connectivity index (χ4v) is 4.12. The number of esters is 1. The van der Waals surface area contributed by atoms with E-state index in [0.717, 1.165) is 0 Å². The lowest BCUT2D eigenvalue weighted by molar-refractivity contribution is -0.158. The van der Waals surface area contributed by atoms with Crippen molar-refractivity contribution in [3.8, 4) is 0 Å². The van der Waals surface area contributed by atoms with E-state index in [1.807, 2.05) is 0 Å². The molecule has 0 aliphatic carbocycles. The zero-order valence-corrected chi connectivity index (χ0v) is 20.2. The lowest BCUT2D eigenvalue weighted by atomic mass is 10.1. The Kier molecular flexibility index (Phi) is 7.80. The molecule has 0 unspecified atom stereocenters. The number of carbonyl (C=O) groups is 2. The summed E-state index contributed by atoms with van der Waals surface area (Å²) in [6.45, 7) is 5.16. The number of hydrogen-bond acceptors (Lipinski definition) is 8. The first-order valence-corrected chi connectivity index (χ1v) is 11.5. The first-order valence-electron chi connectivity index (χ1n) is 10.6. The number of aliphatic hydroxyl groups excluding tert-OH is 1. The highest BCUT2D eigenvalue weighted by Gasteiger charge is 2.43. The van der Waals surface area contributed by atoms with E-state index in [2.05, 4.69) is 20.9 Å². The number of aromatic amines is 1. The number of hydrogen-bond donors (Lipinski definition) is 2.